The monoisotopic (exact) mass is 469 g/mol. The van der Waals surface area contributed by atoms with Crippen LogP contribution in [0.15, 0.2) is 18.2 Å². The fraction of sp³-hybridized carbons (Fsp3) is 0.692. The van der Waals surface area contributed by atoms with Gasteiger partial charge in [-0.3, -0.25) is 4.90 Å². The van der Waals surface area contributed by atoms with Crippen molar-refractivity contribution in [2.75, 3.05) is 0 Å². The van der Waals surface area contributed by atoms with Gasteiger partial charge in [0.2, 0.25) is 0 Å². The van der Waals surface area contributed by atoms with E-state index in [1.54, 1.807) is 0 Å². The van der Waals surface area contributed by atoms with Crippen LogP contribution in [-0.2, 0) is 14.0 Å². The highest BCUT2D eigenvalue weighted by Crippen LogP contribution is 2.43. The molecule has 4 rings (SSSR count). The van der Waals surface area contributed by atoms with Crippen LogP contribution < -0.4 is 5.46 Å². The molecule has 0 spiro atoms. The lowest BCUT2D eigenvalue weighted by Gasteiger charge is -2.32. The average molecular weight is 469 g/mol. The van der Waals surface area contributed by atoms with Gasteiger partial charge in [-0.2, -0.15) is 0 Å². The number of likely N-dealkylation sites (tertiary alicyclic amines) is 1. The summed E-state index contributed by atoms with van der Waals surface area (Å²) < 4.78 is 18.3. The molecule has 0 bridgehead atoms. The Hall–Kier alpha value is -2.06. The molecule has 7 nitrogen and oxygen atoms in total. The van der Waals surface area contributed by atoms with Crippen LogP contribution in [0, 0.1) is 5.92 Å². The normalized spacial score (nSPS) is 26.4. The van der Waals surface area contributed by atoms with Crippen molar-refractivity contribution >= 4 is 29.7 Å². The summed E-state index contributed by atoms with van der Waals surface area (Å²) in [7, 11) is -0.431. The van der Waals surface area contributed by atoms with E-state index in [4.69, 9.17) is 19.0 Å². The van der Waals surface area contributed by atoms with Crippen LogP contribution in [-0.4, -0.2) is 50.9 Å². The summed E-state index contributed by atoms with van der Waals surface area (Å²) >= 11 is 0. The quantitative estimate of drug-likeness (QED) is 0.611. The van der Waals surface area contributed by atoms with Gasteiger partial charge in [0, 0.05) is 6.04 Å². The highest BCUT2D eigenvalue weighted by atomic mass is 16.7. The summed E-state index contributed by atoms with van der Waals surface area (Å²) in [6, 6.07) is 6.06. The highest BCUT2D eigenvalue weighted by Gasteiger charge is 2.52. The van der Waals surface area contributed by atoms with Crippen molar-refractivity contribution in [3.05, 3.63) is 24.0 Å². The zero-order valence-corrected chi connectivity index (χ0v) is 22.2. The van der Waals surface area contributed by atoms with E-state index < -0.39 is 23.9 Å². The zero-order valence-electron chi connectivity index (χ0n) is 22.2. The Labute approximate surface area is 204 Å². The lowest BCUT2D eigenvalue weighted by atomic mass is 9.79. The predicted octanol–water partition coefficient (Wildman–Crippen LogP) is 5.35. The van der Waals surface area contributed by atoms with Gasteiger partial charge in [-0.1, -0.05) is 26.3 Å². The molecule has 3 heterocycles. The minimum Gasteiger partial charge on any atom is -0.444 e. The molecule has 34 heavy (non-hydrogen) atoms. The number of H-pyrrole nitrogens is 1. The van der Waals surface area contributed by atoms with Gasteiger partial charge in [-0.25, -0.2) is 9.78 Å². The first kappa shape index (κ1) is 25.1. The number of nitrogens with one attached hydrogen (secondary N) is 1. The number of imidazole rings is 1. The minimum atomic E-state index is -0.546. The number of nitrogens with zero attached hydrogens (tertiary/aromatic N) is 2. The second-order valence-corrected chi connectivity index (χ2v) is 11.8. The van der Waals surface area contributed by atoms with Gasteiger partial charge in [0.15, 0.2) is 0 Å². The maximum absolute atomic E-state index is 13.3. The van der Waals surface area contributed by atoms with Crippen LogP contribution in [0.3, 0.4) is 0 Å². The van der Waals surface area contributed by atoms with Crippen LogP contribution in [0.25, 0.3) is 11.0 Å². The van der Waals surface area contributed by atoms with Crippen molar-refractivity contribution in [1.82, 2.24) is 14.9 Å². The zero-order chi connectivity index (χ0) is 25.1. The number of amides is 1. The number of rotatable bonds is 4. The van der Waals surface area contributed by atoms with Gasteiger partial charge >= 0.3 is 13.2 Å². The molecule has 0 radical (unpaired) electrons. The van der Waals surface area contributed by atoms with Gasteiger partial charge in [-0.05, 0) is 84.8 Å². The summed E-state index contributed by atoms with van der Waals surface area (Å²) in [4.78, 5) is 23.6. The van der Waals surface area contributed by atoms with Crippen LogP contribution in [0.2, 0.25) is 0 Å². The molecule has 3 unspecified atom stereocenters. The number of carbonyl (C=O) groups is 1. The highest BCUT2D eigenvalue weighted by molar-refractivity contribution is 6.62. The van der Waals surface area contributed by atoms with E-state index in [0.717, 1.165) is 41.6 Å². The molecule has 2 aliphatic rings. The van der Waals surface area contributed by atoms with Crippen molar-refractivity contribution < 1.29 is 18.8 Å². The average Bonchev–Trinajstić information content (AvgIpc) is 3.36. The van der Waals surface area contributed by atoms with Gasteiger partial charge in [-0.15, -0.1) is 0 Å². The maximum atomic E-state index is 13.3. The van der Waals surface area contributed by atoms with Crippen molar-refractivity contribution in [2.24, 2.45) is 5.92 Å². The van der Waals surface area contributed by atoms with Gasteiger partial charge in [0.1, 0.15) is 11.4 Å². The fourth-order valence-electron chi connectivity index (χ4n) is 5.14. The van der Waals surface area contributed by atoms with Gasteiger partial charge in [0.25, 0.3) is 0 Å². The standard InChI is InChI=1S/C26H40BN3O4/c1-10-16-14-21(30(20(16)11-2)23(31)32-24(3,4)5)22-28-18-13-12-17(15-19(18)29-22)27-33-25(6,7)26(8,9)34-27/h12-13,15-16,20-21H,10-11,14H2,1-9H3,(H,28,29). The second-order valence-electron chi connectivity index (χ2n) is 11.8. The molecular weight excluding hydrogens is 429 g/mol. The number of ether oxygens (including phenoxy) is 1. The predicted molar refractivity (Wildman–Crippen MR) is 135 cm³/mol. The largest absolute Gasteiger partial charge is 0.494 e. The Morgan fingerprint density at radius 1 is 1.18 bits per heavy atom. The van der Waals surface area contributed by atoms with E-state index in [1.807, 2.05) is 37.8 Å². The van der Waals surface area contributed by atoms with Crippen LogP contribution >= 0.6 is 0 Å². The minimum absolute atomic E-state index is 0.137. The van der Waals surface area contributed by atoms with Crippen molar-refractivity contribution in [1.29, 1.82) is 0 Å². The second kappa shape index (κ2) is 8.56. The molecule has 1 N–H and O–H groups in total. The third-order valence-electron chi connectivity index (χ3n) is 7.68. The molecule has 1 aromatic carbocycles. The Morgan fingerprint density at radius 3 is 2.38 bits per heavy atom. The van der Waals surface area contributed by atoms with Crippen LogP contribution in [0.1, 0.15) is 93.4 Å². The molecule has 2 fully saturated rings. The number of benzene rings is 1. The number of fused-ring (bicyclic) bond motifs is 1. The van der Waals surface area contributed by atoms with E-state index in [2.05, 4.69) is 52.6 Å². The van der Waals surface area contributed by atoms with Crippen LogP contribution in [0.4, 0.5) is 4.79 Å². The van der Waals surface area contributed by atoms with Gasteiger partial charge in [0.05, 0.1) is 28.3 Å². The first-order valence-corrected chi connectivity index (χ1v) is 12.6. The lowest BCUT2D eigenvalue weighted by Crippen LogP contribution is -2.42. The molecular formula is C26H40BN3O4. The summed E-state index contributed by atoms with van der Waals surface area (Å²) in [5.74, 6) is 1.22. The third kappa shape index (κ3) is 4.47. The topological polar surface area (TPSA) is 76.7 Å². The molecule has 2 aromatic rings. The van der Waals surface area contributed by atoms with E-state index in [0.29, 0.717) is 5.92 Å². The summed E-state index contributed by atoms with van der Waals surface area (Å²) in [6.45, 7) is 18.3. The molecule has 186 valence electrons. The summed E-state index contributed by atoms with van der Waals surface area (Å²) in [5, 5.41) is 0. The molecule has 8 heteroatoms. The number of hydrogen-bond donors (Lipinski definition) is 1. The lowest BCUT2D eigenvalue weighted by molar-refractivity contribution is 0.00578. The van der Waals surface area contributed by atoms with Crippen molar-refractivity contribution in [2.45, 2.75) is 110 Å². The number of carbonyl (C=O) groups excluding carboxylic acids is 1. The summed E-state index contributed by atoms with van der Waals surface area (Å²) in [6.07, 6.45) is 2.51. The number of aromatic nitrogens is 2. The number of hydrogen-bond acceptors (Lipinski definition) is 5. The molecule has 2 saturated heterocycles. The first-order valence-electron chi connectivity index (χ1n) is 12.6. The Kier molecular flexibility index (Phi) is 6.30. The van der Waals surface area contributed by atoms with Crippen molar-refractivity contribution in [3.63, 3.8) is 0 Å². The molecule has 3 atom stereocenters. The Bertz CT molecular complexity index is 1040. The van der Waals surface area contributed by atoms with Crippen LogP contribution in [0.5, 0.6) is 0 Å². The molecule has 1 amide bonds. The fourth-order valence-corrected chi connectivity index (χ4v) is 5.14. The molecule has 0 aliphatic carbocycles. The van der Waals surface area contributed by atoms with E-state index >= 15 is 0 Å². The van der Waals surface area contributed by atoms with E-state index in [9.17, 15) is 4.79 Å². The third-order valence-corrected chi connectivity index (χ3v) is 7.68. The SMILES string of the molecule is CCC1CC(c2nc3ccc(B4OC(C)(C)C(C)(C)O4)cc3[nH]2)N(C(=O)OC(C)(C)C)C1CC. The van der Waals surface area contributed by atoms with E-state index in [-0.39, 0.29) is 18.2 Å². The summed E-state index contributed by atoms with van der Waals surface area (Å²) in [5.41, 5.74) is 1.40. The maximum Gasteiger partial charge on any atom is 0.494 e. The molecule has 1 aromatic heterocycles. The van der Waals surface area contributed by atoms with Gasteiger partial charge < -0.3 is 19.0 Å². The molecule has 0 saturated carbocycles. The first-order chi connectivity index (χ1) is 15.8. The smallest absolute Gasteiger partial charge is 0.444 e. The molecule has 2 aliphatic heterocycles. The Morgan fingerprint density at radius 2 is 1.82 bits per heavy atom. The van der Waals surface area contributed by atoms with Crippen molar-refractivity contribution in [3.8, 4) is 0 Å². The number of aromatic amines is 1. The Balaban J connectivity index is 1.66. The van der Waals surface area contributed by atoms with E-state index in [1.165, 1.54) is 0 Å².